The molecule has 2 aromatic carbocycles. The van der Waals surface area contributed by atoms with Crippen LogP contribution in [0.5, 0.6) is 0 Å². The third-order valence-corrected chi connectivity index (χ3v) is 3.10. The molecule has 0 fully saturated rings. The van der Waals surface area contributed by atoms with E-state index in [1.165, 1.54) is 0 Å². The van der Waals surface area contributed by atoms with Gasteiger partial charge in [0, 0.05) is 18.0 Å². The molecule has 3 rings (SSSR count). The average molecular weight is 249 g/mol. The number of carboxylic acid groups (broad SMARTS) is 1. The van der Waals surface area contributed by atoms with E-state index < -0.39 is 5.97 Å². The first-order valence-corrected chi connectivity index (χ1v) is 5.92. The molecule has 0 unspecified atom stereocenters. The molecular weight excluding hydrogens is 238 g/mol. The number of fused-ring (bicyclic) bond motifs is 1. The van der Waals surface area contributed by atoms with E-state index in [-0.39, 0.29) is 0 Å². The molecule has 3 heteroatoms. The van der Waals surface area contributed by atoms with Crippen molar-refractivity contribution in [1.29, 1.82) is 0 Å². The van der Waals surface area contributed by atoms with Crippen LogP contribution in [0.4, 0.5) is 0 Å². The molecule has 3 aromatic rings. The Balaban J connectivity index is 2.30. The molecule has 0 spiro atoms. The molecular formula is C16H11NO2. The molecule has 1 aromatic heterocycles. The summed E-state index contributed by atoms with van der Waals surface area (Å²) < 4.78 is 0. The fourth-order valence-electron chi connectivity index (χ4n) is 2.18. The number of benzene rings is 2. The number of aromatic carboxylic acids is 1. The predicted octanol–water partition coefficient (Wildman–Crippen LogP) is 3.60. The molecule has 0 saturated carbocycles. The molecule has 0 amide bonds. The number of rotatable bonds is 2. The minimum atomic E-state index is -0.914. The maximum absolute atomic E-state index is 11.1. The molecule has 1 N–H and O–H groups in total. The lowest BCUT2D eigenvalue weighted by molar-refractivity contribution is 0.0697. The Labute approximate surface area is 110 Å². The van der Waals surface area contributed by atoms with E-state index in [0.29, 0.717) is 5.56 Å². The maximum atomic E-state index is 11.1. The van der Waals surface area contributed by atoms with Gasteiger partial charge in [-0.25, -0.2) is 4.79 Å². The number of aromatic nitrogens is 1. The molecule has 1 heterocycles. The number of nitrogens with zero attached hydrogens (tertiary/aromatic N) is 1. The largest absolute Gasteiger partial charge is 0.478 e. The molecule has 3 nitrogen and oxygen atoms in total. The summed E-state index contributed by atoms with van der Waals surface area (Å²) in [4.78, 5) is 15.2. The summed E-state index contributed by atoms with van der Waals surface area (Å²) in [6.45, 7) is 0. The van der Waals surface area contributed by atoms with Crippen LogP contribution in [0.3, 0.4) is 0 Å². The number of carbonyl (C=O) groups is 1. The number of pyridine rings is 1. The van der Waals surface area contributed by atoms with Crippen molar-refractivity contribution in [2.24, 2.45) is 0 Å². The Hall–Kier alpha value is -2.68. The molecule has 0 saturated heterocycles. The summed E-state index contributed by atoms with van der Waals surface area (Å²) in [5.74, 6) is -0.914. The SMILES string of the molecule is O=C(O)c1ccc2cccc(-c3cccnc3)c2c1. The van der Waals surface area contributed by atoms with E-state index in [2.05, 4.69) is 4.98 Å². The number of hydrogen-bond donors (Lipinski definition) is 1. The van der Waals surface area contributed by atoms with E-state index >= 15 is 0 Å². The van der Waals surface area contributed by atoms with Crippen molar-refractivity contribution >= 4 is 16.7 Å². The van der Waals surface area contributed by atoms with Crippen molar-refractivity contribution in [2.75, 3.05) is 0 Å². The lowest BCUT2D eigenvalue weighted by Gasteiger charge is -2.07. The Bertz CT molecular complexity index is 751. The summed E-state index contributed by atoms with van der Waals surface area (Å²) in [6.07, 6.45) is 3.50. The first kappa shape index (κ1) is 11.4. The predicted molar refractivity (Wildman–Crippen MR) is 74.1 cm³/mol. The molecule has 92 valence electrons. The zero-order valence-electron chi connectivity index (χ0n) is 10.1. The highest BCUT2D eigenvalue weighted by molar-refractivity contribution is 6.01. The van der Waals surface area contributed by atoms with E-state index in [0.717, 1.165) is 21.9 Å². The van der Waals surface area contributed by atoms with Gasteiger partial charge in [0.1, 0.15) is 0 Å². The number of hydrogen-bond acceptors (Lipinski definition) is 2. The molecule has 0 bridgehead atoms. The van der Waals surface area contributed by atoms with Crippen molar-refractivity contribution in [2.45, 2.75) is 0 Å². The first-order valence-electron chi connectivity index (χ1n) is 5.92. The van der Waals surface area contributed by atoms with Gasteiger partial charge in [-0.2, -0.15) is 0 Å². The van der Waals surface area contributed by atoms with Crippen molar-refractivity contribution < 1.29 is 9.90 Å². The quantitative estimate of drug-likeness (QED) is 0.754. The molecule has 0 aliphatic heterocycles. The van der Waals surface area contributed by atoms with Crippen molar-refractivity contribution in [3.8, 4) is 11.1 Å². The summed E-state index contributed by atoms with van der Waals surface area (Å²) in [7, 11) is 0. The Kier molecular flexibility index (Phi) is 2.72. The standard InChI is InChI=1S/C16H11NO2/c18-16(19)12-7-6-11-3-1-5-14(15(11)9-12)13-4-2-8-17-10-13/h1-10H,(H,18,19). The minimum Gasteiger partial charge on any atom is -0.478 e. The van der Waals surface area contributed by atoms with Crippen LogP contribution in [0, 0.1) is 0 Å². The van der Waals surface area contributed by atoms with Crippen LogP contribution in [0.2, 0.25) is 0 Å². The van der Waals surface area contributed by atoms with E-state index in [9.17, 15) is 4.79 Å². The lowest BCUT2D eigenvalue weighted by Crippen LogP contribution is -1.95. The summed E-state index contributed by atoms with van der Waals surface area (Å²) in [6, 6.07) is 14.9. The number of carboxylic acids is 1. The molecule has 19 heavy (non-hydrogen) atoms. The second-order valence-electron chi connectivity index (χ2n) is 4.29. The van der Waals surface area contributed by atoms with Crippen LogP contribution in [-0.4, -0.2) is 16.1 Å². The van der Waals surface area contributed by atoms with Crippen LogP contribution in [0.1, 0.15) is 10.4 Å². The zero-order chi connectivity index (χ0) is 13.2. The van der Waals surface area contributed by atoms with Gasteiger partial charge >= 0.3 is 5.97 Å². The fourth-order valence-corrected chi connectivity index (χ4v) is 2.18. The van der Waals surface area contributed by atoms with E-state index in [1.807, 2.05) is 36.4 Å². The smallest absolute Gasteiger partial charge is 0.335 e. The molecule has 0 aliphatic carbocycles. The van der Waals surface area contributed by atoms with E-state index in [1.54, 1.807) is 24.5 Å². The van der Waals surface area contributed by atoms with Gasteiger partial charge in [-0.15, -0.1) is 0 Å². The molecule has 0 atom stereocenters. The fraction of sp³-hybridized carbons (Fsp3) is 0. The topological polar surface area (TPSA) is 50.2 Å². The normalized spacial score (nSPS) is 10.5. The van der Waals surface area contributed by atoms with Gasteiger partial charge in [0.2, 0.25) is 0 Å². The van der Waals surface area contributed by atoms with Gasteiger partial charge in [-0.05, 0) is 34.5 Å². The first-order chi connectivity index (χ1) is 9.25. The highest BCUT2D eigenvalue weighted by Crippen LogP contribution is 2.28. The van der Waals surface area contributed by atoms with E-state index in [4.69, 9.17) is 5.11 Å². The third-order valence-electron chi connectivity index (χ3n) is 3.10. The Morgan fingerprint density at radius 2 is 1.95 bits per heavy atom. The second-order valence-corrected chi connectivity index (χ2v) is 4.29. The van der Waals surface area contributed by atoms with Crippen LogP contribution >= 0.6 is 0 Å². The molecule has 0 radical (unpaired) electrons. The van der Waals surface area contributed by atoms with Gasteiger partial charge in [0.15, 0.2) is 0 Å². The monoisotopic (exact) mass is 249 g/mol. The summed E-state index contributed by atoms with van der Waals surface area (Å²) >= 11 is 0. The summed E-state index contributed by atoms with van der Waals surface area (Å²) in [5, 5.41) is 11.0. The molecule has 0 aliphatic rings. The summed E-state index contributed by atoms with van der Waals surface area (Å²) in [5.41, 5.74) is 2.27. The highest BCUT2D eigenvalue weighted by Gasteiger charge is 2.07. The van der Waals surface area contributed by atoms with Crippen molar-refractivity contribution in [1.82, 2.24) is 4.98 Å². The van der Waals surface area contributed by atoms with Crippen molar-refractivity contribution in [3.63, 3.8) is 0 Å². The second kappa shape index (κ2) is 4.53. The van der Waals surface area contributed by atoms with Gasteiger partial charge in [-0.1, -0.05) is 30.3 Å². The minimum absolute atomic E-state index is 0.295. The Morgan fingerprint density at radius 3 is 2.68 bits per heavy atom. The van der Waals surface area contributed by atoms with Crippen molar-refractivity contribution in [3.05, 3.63) is 66.5 Å². The van der Waals surface area contributed by atoms with Crippen LogP contribution in [-0.2, 0) is 0 Å². The lowest BCUT2D eigenvalue weighted by atomic mass is 9.98. The average Bonchev–Trinajstić information content (AvgIpc) is 2.47. The van der Waals surface area contributed by atoms with Crippen LogP contribution in [0.15, 0.2) is 60.9 Å². The third kappa shape index (κ3) is 2.06. The van der Waals surface area contributed by atoms with Crippen LogP contribution in [0.25, 0.3) is 21.9 Å². The zero-order valence-corrected chi connectivity index (χ0v) is 10.1. The van der Waals surface area contributed by atoms with Crippen LogP contribution < -0.4 is 0 Å². The van der Waals surface area contributed by atoms with Gasteiger partial charge < -0.3 is 5.11 Å². The van der Waals surface area contributed by atoms with Gasteiger partial charge in [0.25, 0.3) is 0 Å². The Morgan fingerprint density at radius 1 is 1.05 bits per heavy atom. The van der Waals surface area contributed by atoms with Gasteiger partial charge in [-0.3, -0.25) is 4.98 Å². The van der Waals surface area contributed by atoms with Gasteiger partial charge in [0.05, 0.1) is 5.56 Å². The highest BCUT2D eigenvalue weighted by atomic mass is 16.4. The maximum Gasteiger partial charge on any atom is 0.335 e.